The number of anilines is 1. The van der Waals surface area contributed by atoms with Crippen LogP contribution in [0.25, 0.3) is 22.2 Å². The van der Waals surface area contributed by atoms with Crippen LogP contribution in [0, 0.1) is 0 Å². The number of nitrogens with one attached hydrogen (secondary N) is 2. The first kappa shape index (κ1) is 21.5. The smallest absolute Gasteiger partial charge is 0.237 e. The third-order valence-electron chi connectivity index (χ3n) is 6.43. The Morgan fingerprint density at radius 3 is 2.88 bits per heavy atom. The SMILES string of the molecule is CN1CC[C@H]2C[C@H]1C(=O)NCCCCCOc1c(-c3cncnc3)ccc3ncc(nc13)N2. The molecule has 9 heteroatoms. The van der Waals surface area contributed by atoms with E-state index in [1.807, 2.05) is 19.2 Å². The summed E-state index contributed by atoms with van der Waals surface area (Å²) in [6.07, 6.45) is 11.3. The number of rotatable bonds is 1. The second-order valence-electron chi connectivity index (χ2n) is 8.75. The van der Waals surface area contributed by atoms with Crippen LogP contribution in [0.3, 0.4) is 0 Å². The average Bonchev–Trinajstić information content (AvgIpc) is 2.84. The van der Waals surface area contributed by atoms with Gasteiger partial charge in [0.05, 0.1) is 24.4 Å². The minimum Gasteiger partial charge on any atom is -0.491 e. The van der Waals surface area contributed by atoms with E-state index in [0.717, 1.165) is 60.8 Å². The first-order valence-corrected chi connectivity index (χ1v) is 11.6. The molecule has 33 heavy (non-hydrogen) atoms. The number of hydrogen-bond acceptors (Lipinski definition) is 8. The van der Waals surface area contributed by atoms with Crippen LogP contribution in [-0.2, 0) is 4.79 Å². The molecule has 4 heterocycles. The van der Waals surface area contributed by atoms with Crippen LogP contribution in [0.1, 0.15) is 32.1 Å². The van der Waals surface area contributed by atoms with E-state index >= 15 is 0 Å². The lowest BCUT2D eigenvalue weighted by atomic mass is 9.97. The Morgan fingerprint density at radius 2 is 2.00 bits per heavy atom. The summed E-state index contributed by atoms with van der Waals surface area (Å²) in [6.45, 7) is 2.10. The summed E-state index contributed by atoms with van der Waals surface area (Å²) in [5.41, 5.74) is 3.28. The first-order chi connectivity index (χ1) is 16.2. The van der Waals surface area contributed by atoms with Crippen LogP contribution in [0.2, 0.25) is 0 Å². The lowest BCUT2D eigenvalue weighted by Gasteiger charge is -2.36. The number of likely N-dealkylation sites (N-methyl/N-ethyl adjacent to an activating group) is 1. The minimum absolute atomic E-state index is 0.106. The third kappa shape index (κ3) is 4.73. The van der Waals surface area contributed by atoms with Crippen molar-refractivity contribution in [1.82, 2.24) is 30.2 Å². The molecular weight excluding hydrogens is 418 g/mol. The minimum atomic E-state index is -0.138. The van der Waals surface area contributed by atoms with Crippen molar-refractivity contribution in [1.29, 1.82) is 0 Å². The van der Waals surface area contributed by atoms with E-state index in [2.05, 4.69) is 30.5 Å². The molecule has 1 saturated heterocycles. The molecule has 3 aromatic rings. The molecule has 0 unspecified atom stereocenters. The van der Waals surface area contributed by atoms with Gasteiger partial charge in [-0.3, -0.25) is 14.7 Å². The van der Waals surface area contributed by atoms with E-state index in [1.165, 1.54) is 6.33 Å². The van der Waals surface area contributed by atoms with Gasteiger partial charge in [0.2, 0.25) is 5.91 Å². The summed E-state index contributed by atoms with van der Waals surface area (Å²) in [4.78, 5) is 32.8. The van der Waals surface area contributed by atoms with E-state index in [9.17, 15) is 4.79 Å². The normalized spacial score (nSPS) is 22.4. The van der Waals surface area contributed by atoms with Gasteiger partial charge in [-0.15, -0.1) is 0 Å². The monoisotopic (exact) mass is 447 g/mol. The lowest BCUT2D eigenvalue weighted by molar-refractivity contribution is -0.127. The van der Waals surface area contributed by atoms with Gasteiger partial charge in [0, 0.05) is 42.7 Å². The number of ether oxygens (including phenoxy) is 1. The predicted octanol–water partition coefficient (Wildman–Crippen LogP) is 2.64. The van der Waals surface area contributed by atoms with Crippen LogP contribution in [-0.4, -0.2) is 69.6 Å². The van der Waals surface area contributed by atoms with Gasteiger partial charge in [-0.05, 0) is 51.3 Å². The number of amides is 1. The number of nitrogens with zero attached hydrogens (tertiary/aromatic N) is 5. The van der Waals surface area contributed by atoms with Crippen molar-refractivity contribution in [3.63, 3.8) is 0 Å². The second kappa shape index (κ2) is 9.66. The summed E-state index contributed by atoms with van der Waals surface area (Å²) >= 11 is 0. The average molecular weight is 448 g/mol. The zero-order valence-electron chi connectivity index (χ0n) is 18.8. The topological polar surface area (TPSA) is 105 Å². The Morgan fingerprint density at radius 1 is 1.12 bits per heavy atom. The fraction of sp³-hybridized carbons (Fsp3) is 0.458. The van der Waals surface area contributed by atoms with Gasteiger partial charge >= 0.3 is 0 Å². The summed E-state index contributed by atoms with van der Waals surface area (Å²) in [6, 6.07) is 3.95. The zero-order chi connectivity index (χ0) is 22.6. The Bertz CT molecular complexity index is 1120. The van der Waals surface area contributed by atoms with Crippen molar-refractivity contribution in [2.45, 2.75) is 44.2 Å². The molecule has 0 aliphatic carbocycles. The predicted molar refractivity (Wildman–Crippen MR) is 126 cm³/mol. The van der Waals surface area contributed by atoms with Crippen molar-refractivity contribution in [3.8, 4) is 16.9 Å². The lowest BCUT2D eigenvalue weighted by Crippen LogP contribution is -2.52. The summed E-state index contributed by atoms with van der Waals surface area (Å²) in [7, 11) is 2.02. The number of fused-ring (bicyclic) bond motifs is 3. The van der Waals surface area contributed by atoms with Gasteiger partial charge in [0.25, 0.3) is 0 Å². The molecule has 1 aromatic carbocycles. The Balaban J connectivity index is 1.53. The Hall–Kier alpha value is -3.33. The first-order valence-electron chi connectivity index (χ1n) is 11.6. The van der Waals surface area contributed by atoms with Gasteiger partial charge in [0.15, 0.2) is 5.75 Å². The summed E-state index contributed by atoms with van der Waals surface area (Å²) < 4.78 is 6.30. The molecule has 172 valence electrons. The second-order valence-corrected chi connectivity index (χ2v) is 8.75. The van der Waals surface area contributed by atoms with E-state index in [4.69, 9.17) is 9.72 Å². The number of carbonyl (C=O) groups is 1. The molecule has 5 rings (SSSR count). The highest BCUT2D eigenvalue weighted by atomic mass is 16.5. The Labute approximate surface area is 193 Å². The van der Waals surface area contributed by atoms with Gasteiger partial charge in [-0.1, -0.05) is 0 Å². The number of likely N-dealkylation sites (tertiary alicyclic amines) is 1. The molecule has 1 amide bonds. The van der Waals surface area contributed by atoms with Crippen molar-refractivity contribution in [2.24, 2.45) is 0 Å². The van der Waals surface area contributed by atoms with Gasteiger partial charge in [-0.25, -0.2) is 15.0 Å². The van der Waals surface area contributed by atoms with Crippen LogP contribution in [0.15, 0.2) is 37.1 Å². The molecule has 2 aliphatic rings. The van der Waals surface area contributed by atoms with Crippen molar-refractivity contribution in [2.75, 3.05) is 32.1 Å². The molecule has 2 aliphatic heterocycles. The fourth-order valence-corrected chi connectivity index (χ4v) is 4.57. The molecule has 9 nitrogen and oxygen atoms in total. The molecule has 0 spiro atoms. The number of piperidine rings is 1. The van der Waals surface area contributed by atoms with E-state index in [-0.39, 0.29) is 18.0 Å². The van der Waals surface area contributed by atoms with Crippen LogP contribution in [0.4, 0.5) is 5.82 Å². The van der Waals surface area contributed by atoms with E-state index in [1.54, 1.807) is 18.6 Å². The number of hydrogen-bond donors (Lipinski definition) is 2. The zero-order valence-corrected chi connectivity index (χ0v) is 18.8. The van der Waals surface area contributed by atoms with Crippen molar-refractivity contribution < 1.29 is 9.53 Å². The van der Waals surface area contributed by atoms with E-state index < -0.39 is 0 Å². The van der Waals surface area contributed by atoms with Crippen LogP contribution >= 0.6 is 0 Å². The maximum Gasteiger partial charge on any atom is 0.237 e. The van der Waals surface area contributed by atoms with E-state index in [0.29, 0.717) is 24.7 Å². The summed E-state index contributed by atoms with van der Waals surface area (Å²) in [5.74, 6) is 1.50. The molecule has 4 bridgehead atoms. The largest absolute Gasteiger partial charge is 0.491 e. The molecule has 0 radical (unpaired) electrons. The Kier molecular flexibility index (Phi) is 6.30. The molecule has 2 N–H and O–H groups in total. The maximum atomic E-state index is 12.8. The third-order valence-corrected chi connectivity index (χ3v) is 6.43. The summed E-state index contributed by atoms with van der Waals surface area (Å²) in [5, 5.41) is 6.63. The fourth-order valence-electron chi connectivity index (χ4n) is 4.57. The molecule has 1 fully saturated rings. The molecular formula is C24H29N7O2. The van der Waals surface area contributed by atoms with Crippen LogP contribution in [0.5, 0.6) is 5.75 Å². The number of carbonyl (C=O) groups excluding carboxylic acids is 1. The van der Waals surface area contributed by atoms with Gasteiger partial charge in [-0.2, -0.15) is 0 Å². The quantitative estimate of drug-likeness (QED) is 0.587. The van der Waals surface area contributed by atoms with Gasteiger partial charge in [0.1, 0.15) is 17.7 Å². The van der Waals surface area contributed by atoms with Crippen molar-refractivity contribution in [3.05, 3.63) is 37.1 Å². The van der Waals surface area contributed by atoms with Crippen molar-refractivity contribution >= 4 is 22.8 Å². The molecule has 0 saturated carbocycles. The van der Waals surface area contributed by atoms with Crippen LogP contribution < -0.4 is 15.4 Å². The molecule has 2 aromatic heterocycles. The maximum absolute atomic E-state index is 12.8. The number of aromatic nitrogens is 4. The number of benzene rings is 1. The standard InChI is InChI=1S/C24H29N7O2/c1-31-9-7-17-11-20(31)24(32)27-8-3-2-4-10-33-23-18(16-12-25-15-26-13-16)5-6-19-22(23)30-21(29-17)14-28-19/h5-6,12-15,17,20H,2-4,7-11H2,1H3,(H,27,32)(H,29,30)/t17-,20-/m0/s1. The van der Waals surface area contributed by atoms with Gasteiger partial charge < -0.3 is 15.4 Å². The highest BCUT2D eigenvalue weighted by molar-refractivity contribution is 5.90. The highest BCUT2D eigenvalue weighted by Crippen LogP contribution is 2.36. The molecule has 2 atom stereocenters. The highest BCUT2D eigenvalue weighted by Gasteiger charge is 2.31.